The molecule has 2 aromatic carbocycles. The van der Waals surface area contributed by atoms with Gasteiger partial charge in [0.1, 0.15) is 25.9 Å². The highest BCUT2D eigenvalue weighted by Gasteiger charge is 2.12. The Morgan fingerprint density at radius 3 is 2.45 bits per heavy atom. The Morgan fingerprint density at radius 2 is 1.74 bits per heavy atom. The molecule has 0 aliphatic carbocycles. The van der Waals surface area contributed by atoms with Crippen LogP contribution in [0.3, 0.4) is 0 Å². The second-order valence-electron chi connectivity index (χ2n) is 6.30. The topological polar surface area (TPSA) is 80.0 Å². The molecule has 0 atom stereocenters. The van der Waals surface area contributed by atoms with Gasteiger partial charge in [-0.1, -0.05) is 23.7 Å². The molecule has 0 aliphatic rings. The smallest absolute Gasteiger partial charge is 0.179 e. The Hall–Kier alpha value is -3.52. The van der Waals surface area contributed by atoms with Crippen LogP contribution in [-0.4, -0.2) is 48.5 Å². The zero-order valence-corrected chi connectivity index (χ0v) is 18.1. The molecular formula is C22H23ClN4O4. The molecule has 0 aliphatic heterocycles. The number of aromatic nitrogens is 3. The average Bonchev–Trinajstić information content (AvgIpc) is 3.30. The highest BCUT2D eigenvalue weighted by molar-refractivity contribution is 6.32. The summed E-state index contributed by atoms with van der Waals surface area (Å²) in [5, 5.41) is 12.0. The van der Waals surface area contributed by atoms with E-state index in [-0.39, 0.29) is 6.61 Å². The van der Waals surface area contributed by atoms with Crippen LogP contribution in [0, 0.1) is 0 Å². The van der Waals surface area contributed by atoms with Gasteiger partial charge >= 0.3 is 0 Å². The predicted molar refractivity (Wildman–Crippen MR) is 119 cm³/mol. The van der Waals surface area contributed by atoms with Crippen molar-refractivity contribution < 1.29 is 18.9 Å². The molecule has 0 fully saturated rings. The van der Waals surface area contributed by atoms with Gasteiger partial charge in [-0.2, -0.15) is 5.10 Å². The monoisotopic (exact) mass is 442 g/mol. The molecule has 0 unspecified atom stereocenters. The minimum absolute atomic E-state index is 0.266. The number of benzene rings is 2. The molecule has 0 spiro atoms. The number of methoxy groups -OCH3 is 2. The van der Waals surface area contributed by atoms with E-state index in [0.717, 1.165) is 17.5 Å². The zero-order valence-electron chi connectivity index (χ0n) is 17.3. The van der Waals surface area contributed by atoms with Gasteiger partial charge in [0.15, 0.2) is 23.0 Å². The van der Waals surface area contributed by atoms with Gasteiger partial charge in [-0.25, -0.2) is 4.68 Å². The number of hydrogen-bond donors (Lipinski definition) is 0. The van der Waals surface area contributed by atoms with Crippen molar-refractivity contribution in [2.75, 3.05) is 27.4 Å². The quantitative estimate of drug-likeness (QED) is 0.253. The summed E-state index contributed by atoms with van der Waals surface area (Å²) in [6.07, 6.45) is 7.18. The van der Waals surface area contributed by atoms with E-state index in [9.17, 15) is 0 Å². The highest BCUT2D eigenvalue weighted by Crippen LogP contribution is 2.36. The van der Waals surface area contributed by atoms with Gasteiger partial charge < -0.3 is 18.9 Å². The van der Waals surface area contributed by atoms with Crippen LogP contribution in [0.25, 0.3) is 0 Å². The lowest BCUT2D eigenvalue weighted by atomic mass is 10.1. The van der Waals surface area contributed by atoms with Crippen LogP contribution < -0.4 is 18.9 Å². The first-order valence-corrected chi connectivity index (χ1v) is 9.82. The summed E-state index contributed by atoms with van der Waals surface area (Å²) < 4.78 is 23.9. The Balaban J connectivity index is 1.62. The molecule has 0 radical (unpaired) electrons. The van der Waals surface area contributed by atoms with Gasteiger partial charge in [-0.05, 0) is 41.8 Å². The summed E-state index contributed by atoms with van der Waals surface area (Å²) in [5.41, 5.74) is 1.84. The third kappa shape index (κ3) is 5.99. The Bertz CT molecular complexity index is 1040. The third-order valence-electron chi connectivity index (χ3n) is 4.19. The van der Waals surface area contributed by atoms with Crippen LogP contribution in [0.1, 0.15) is 11.1 Å². The Morgan fingerprint density at radius 1 is 1.00 bits per heavy atom. The van der Waals surface area contributed by atoms with Crippen molar-refractivity contribution in [3.05, 3.63) is 71.8 Å². The van der Waals surface area contributed by atoms with Crippen LogP contribution in [0.5, 0.6) is 23.0 Å². The third-order valence-corrected chi connectivity index (χ3v) is 4.47. The fraction of sp³-hybridized carbons (Fsp3) is 0.227. The van der Waals surface area contributed by atoms with E-state index < -0.39 is 0 Å². The molecule has 8 nitrogen and oxygen atoms in total. The standard InChI is InChI=1S/C22H23ClN4O4/c1-4-5-16-6-7-19(20(11-16)28-2)30-8-9-31-22-18(23)10-17(12-21(22)29-3)13-26-27-14-24-25-15-27/h4,6-7,10-15H,1,5,8-9H2,2-3H3/b26-13-. The minimum Gasteiger partial charge on any atom is -0.493 e. The van der Waals surface area contributed by atoms with E-state index in [2.05, 4.69) is 21.9 Å². The molecule has 0 saturated heterocycles. The lowest BCUT2D eigenvalue weighted by Crippen LogP contribution is -2.10. The summed E-state index contributed by atoms with van der Waals surface area (Å²) in [6.45, 7) is 4.31. The number of nitrogens with zero attached hydrogens (tertiary/aromatic N) is 4. The van der Waals surface area contributed by atoms with Crippen molar-refractivity contribution in [3.63, 3.8) is 0 Å². The number of halogens is 1. The maximum absolute atomic E-state index is 6.40. The summed E-state index contributed by atoms with van der Waals surface area (Å²) in [7, 11) is 3.15. The maximum atomic E-state index is 6.40. The fourth-order valence-corrected chi connectivity index (χ4v) is 3.04. The predicted octanol–water partition coefficient (Wildman–Crippen LogP) is 4.02. The minimum atomic E-state index is 0.266. The Kier molecular flexibility index (Phi) is 7.89. The van der Waals surface area contributed by atoms with Crippen molar-refractivity contribution in [3.8, 4) is 23.0 Å². The van der Waals surface area contributed by atoms with Gasteiger partial charge in [0.05, 0.1) is 25.5 Å². The van der Waals surface area contributed by atoms with Crippen LogP contribution in [-0.2, 0) is 6.42 Å². The lowest BCUT2D eigenvalue weighted by Gasteiger charge is -2.15. The van der Waals surface area contributed by atoms with Crippen molar-refractivity contribution in [1.82, 2.24) is 14.9 Å². The zero-order chi connectivity index (χ0) is 22.1. The summed E-state index contributed by atoms with van der Waals surface area (Å²) in [4.78, 5) is 0. The van der Waals surface area contributed by atoms with Crippen molar-refractivity contribution in [2.45, 2.75) is 6.42 Å². The first-order valence-electron chi connectivity index (χ1n) is 9.44. The second kappa shape index (κ2) is 11.0. The molecule has 9 heteroatoms. The van der Waals surface area contributed by atoms with E-state index in [1.54, 1.807) is 32.6 Å². The molecular weight excluding hydrogens is 420 g/mol. The number of rotatable bonds is 11. The lowest BCUT2D eigenvalue weighted by molar-refractivity contribution is 0.206. The normalized spacial score (nSPS) is 10.8. The van der Waals surface area contributed by atoms with Gasteiger partial charge in [-0.3, -0.25) is 0 Å². The van der Waals surface area contributed by atoms with Crippen molar-refractivity contribution in [2.24, 2.45) is 5.10 Å². The molecule has 0 bridgehead atoms. The molecule has 162 valence electrons. The molecule has 0 saturated carbocycles. The van der Waals surface area contributed by atoms with Crippen molar-refractivity contribution >= 4 is 17.8 Å². The van der Waals surface area contributed by atoms with Crippen LogP contribution in [0.2, 0.25) is 5.02 Å². The van der Waals surface area contributed by atoms with E-state index in [1.165, 1.54) is 17.3 Å². The molecule has 31 heavy (non-hydrogen) atoms. The van der Waals surface area contributed by atoms with E-state index >= 15 is 0 Å². The maximum Gasteiger partial charge on any atom is 0.179 e. The second-order valence-corrected chi connectivity index (χ2v) is 6.70. The first kappa shape index (κ1) is 22.2. The Labute approximate surface area is 185 Å². The summed E-state index contributed by atoms with van der Waals surface area (Å²) in [5.74, 6) is 2.22. The largest absolute Gasteiger partial charge is 0.493 e. The van der Waals surface area contributed by atoms with Gasteiger partial charge in [-0.15, -0.1) is 16.8 Å². The van der Waals surface area contributed by atoms with Gasteiger partial charge in [0.25, 0.3) is 0 Å². The molecule has 3 rings (SSSR count). The summed E-state index contributed by atoms with van der Waals surface area (Å²) in [6, 6.07) is 9.28. The van der Waals surface area contributed by atoms with E-state index in [4.69, 9.17) is 30.5 Å². The molecule has 3 aromatic rings. The molecule has 1 aromatic heterocycles. The number of hydrogen-bond acceptors (Lipinski definition) is 7. The van der Waals surface area contributed by atoms with E-state index in [0.29, 0.717) is 34.6 Å². The van der Waals surface area contributed by atoms with Crippen LogP contribution in [0.4, 0.5) is 0 Å². The SMILES string of the molecule is C=CCc1ccc(OCCOc2c(Cl)cc(/C=N\n3cnnc3)cc2OC)c(OC)c1. The van der Waals surface area contributed by atoms with Crippen LogP contribution in [0.15, 0.2) is 60.7 Å². The number of allylic oxidation sites excluding steroid dienone is 1. The molecule has 1 heterocycles. The molecule has 0 N–H and O–H groups in total. The van der Waals surface area contributed by atoms with E-state index in [1.807, 2.05) is 24.3 Å². The van der Waals surface area contributed by atoms with Crippen LogP contribution >= 0.6 is 11.6 Å². The van der Waals surface area contributed by atoms with Crippen molar-refractivity contribution in [1.29, 1.82) is 0 Å². The average molecular weight is 443 g/mol. The fourth-order valence-electron chi connectivity index (χ4n) is 2.76. The summed E-state index contributed by atoms with van der Waals surface area (Å²) >= 11 is 6.40. The molecule has 0 amide bonds. The highest BCUT2D eigenvalue weighted by atomic mass is 35.5. The first-order chi connectivity index (χ1) is 15.1. The number of ether oxygens (including phenoxy) is 4. The van der Waals surface area contributed by atoms with Gasteiger partial charge in [0.2, 0.25) is 0 Å². The van der Waals surface area contributed by atoms with Gasteiger partial charge in [0, 0.05) is 0 Å².